The highest BCUT2D eigenvalue weighted by molar-refractivity contribution is 5.96. The standard InChI is InChI=1S/C27H27FN2O5/c1-17-4-2-3-5-23(17)19-14-24(27(33)34)30(16-19)25(31)15-29-26(32)18-6-10-21(11-7-18)35-22-12-8-20(28)9-13-22/h2-13,19,24,27,33-34H,14-16H2,1H3,(H,29,32)/t19-,24?/m0/s1. The number of aliphatic hydroxyl groups is 2. The molecule has 0 aliphatic carbocycles. The lowest BCUT2D eigenvalue weighted by Crippen LogP contribution is -2.47. The van der Waals surface area contributed by atoms with E-state index in [0.717, 1.165) is 11.1 Å². The first-order valence-corrected chi connectivity index (χ1v) is 11.3. The van der Waals surface area contributed by atoms with E-state index in [1.54, 1.807) is 24.3 Å². The molecule has 1 saturated heterocycles. The molecule has 1 unspecified atom stereocenters. The van der Waals surface area contributed by atoms with E-state index >= 15 is 0 Å². The van der Waals surface area contributed by atoms with Crippen LogP contribution in [0.5, 0.6) is 11.5 Å². The molecule has 1 aliphatic rings. The van der Waals surface area contributed by atoms with E-state index in [1.807, 2.05) is 31.2 Å². The van der Waals surface area contributed by atoms with Crippen molar-refractivity contribution in [3.63, 3.8) is 0 Å². The third-order valence-electron chi connectivity index (χ3n) is 6.20. The van der Waals surface area contributed by atoms with Gasteiger partial charge in [-0.15, -0.1) is 0 Å². The number of benzene rings is 3. The number of hydrogen-bond acceptors (Lipinski definition) is 5. The molecule has 2 atom stereocenters. The molecular weight excluding hydrogens is 451 g/mol. The van der Waals surface area contributed by atoms with Gasteiger partial charge in [0.15, 0.2) is 6.29 Å². The Morgan fingerprint density at radius 2 is 1.66 bits per heavy atom. The molecule has 8 heteroatoms. The predicted molar refractivity (Wildman–Crippen MR) is 128 cm³/mol. The number of rotatable bonds is 7. The lowest BCUT2D eigenvalue weighted by Gasteiger charge is -2.26. The van der Waals surface area contributed by atoms with Crippen molar-refractivity contribution in [3.05, 3.63) is 95.3 Å². The Hall–Kier alpha value is -3.75. The van der Waals surface area contributed by atoms with Crippen molar-refractivity contribution in [1.29, 1.82) is 0 Å². The Morgan fingerprint density at radius 3 is 2.29 bits per heavy atom. The van der Waals surface area contributed by atoms with Gasteiger partial charge in [-0.1, -0.05) is 24.3 Å². The first kappa shape index (κ1) is 24.4. The fourth-order valence-electron chi connectivity index (χ4n) is 4.38. The quantitative estimate of drug-likeness (QED) is 0.453. The average molecular weight is 479 g/mol. The van der Waals surface area contributed by atoms with E-state index < -0.39 is 18.2 Å². The van der Waals surface area contributed by atoms with Crippen molar-refractivity contribution in [2.45, 2.75) is 31.6 Å². The minimum Gasteiger partial charge on any atom is -0.457 e. The predicted octanol–water partition coefficient (Wildman–Crippen LogP) is 3.35. The molecule has 3 aromatic carbocycles. The molecule has 0 saturated carbocycles. The van der Waals surface area contributed by atoms with Crippen molar-refractivity contribution in [3.8, 4) is 11.5 Å². The zero-order valence-electron chi connectivity index (χ0n) is 19.2. The summed E-state index contributed by atoms with van der Waals surface area (Å²) in [6, 6.07) is 19.0. The first-order valence-electron chi connectivity index (χ1n) is 11.3. The summed E-state index contributed by atoms with van der Waals surface area (Å²) in [6.07, 6.45) is -1.24. The second kappa shape index (κ2) is 10.7. The highest BCUT2D eigenvalue weighted by Crippen LogP contribution is 2.34. The summed E-state index contributed by atoms with van der Waals surface area (Å²) in [5.41, 5.74) is 2.49. The van der Waals surface area contributed by atoms with Crippen LogP contribution in [0.25, 0.3) is 0 Å². The number of carbonyl (C=O) groups is 2. The fourth-order valence-corrected chi connectivity index (χ4v) is 4.38. The summed E-state index contributed by atoms with van der Waals surface area (Å²) in [5.74, 6) is -0.270. The van der Waals surface area contributed by atoms with Crippen LogP contribution in [0.3, 0.4) is 0 Å². The largest absolute Gasteiger partial charge is 0.457 e. The number of hydrogen-bond donors (Lipinski definition) is 3. The van der Waals surface area contributed by atoms with Gasteiger partial charge in [0.1, 0.15) is 17.3 Å². The summed E-state index contributed by atoms with van der Waals surface area (Å²) < 4.78 is 18.6. The van der Waals surface area contributed by atoms with Crippen LogP contribution >= 0.6 is 0 Å². The maximum absolute atomic E-state index is 13.0. The molecule has 1 fully saturated rings. The molecule has 0 radical (unpaired) electrons. The second-order valence-corrected chi connectivity index (χ2v) is 8.58. The number of carbonyl (C=O) groups excluding carboxylic acids is 2. The molecule has 4 rings (SSSR count). The molecule has 1 heterocycles. The summed E-state index contributed by atoms with van der Waals surface area (Å²) in [4.78, 5) is 26.9. The Morgan fingerprint density at radius 1 is 1.03 bits per heavy atom. The van der Waals surface area contributed by atoms with E-state index in [0.29, 0.717) is 30.0 Å². The molecule has 0 spiro atoms. The van der Waals surface area contributed by atoms with Crippen LogP contribution in [0.15, 0.2) is 72.8 Å². The first-order chi connectivity index (χ1) is 16.8. The van der Waals surface area contributed by atoms with E-state index in [1.165, 1.54) is 29.2 Å². The zero-order chi connectivity index (χ0) is 24.9. The Balaban J connectivity index is 1.35. The van der Waals surface area contributed by atoms with Gasteiger partial charge in [0.05, 0.1) is 12.6 Å². The van der Waals surface area contributed by atoms with Gasteiger partial charge in [0.2, 0.25) is 5.91 Å². The van der Waals surface area contributed by atoms with Gasteiger partial charge in [-0.05, 0) is 73.0 Å². The van der Waals surface area contributed by atoms with E-state index in [2.05, 4.69) is 5.32 Å². The highest BCUT2D eigenvalue weighted by Gasteiger charge is 2.39. The van der Waals surface area contributed by atoms with Crippen molar-refractivity contribution >= 4 is 11.8 Å². The summed E-state index contributed by atoms with van der Waals surface area (Å²) in [5, 5.41) is 22.3. The number of nitrogens with zero attached hydrogens (tertiary/aromatic N) is 1. The molecule has 2 amide bonds. The molecule has 0 bridgehead atoms. The van der Waals surface area contributed by atoms with Crippen molar-refractivity contribution in [2.24, 2.45) is 0 Å². The topological polar surface area (TPSA) is 99.1 Å². The van der Waals surface area contributed by atoms with Crippen LogP contribution in [-0.4, -0.2) is 52.3 Å². The average Bonchev–Trinajstić information content (AvgIpc) is 3.30. The monoisotopic (exact) mass is 478 g/mol. The molecular formula is C27H27FN2O5. The van der Waals surface area contributed by atoms with Gasteiger partial charge in [-0.3, -0.25) is 9.59 Å². The van der Waals surface area contributed by atoms with Crippen LogP contribution in [0.2, 0.25) is 0 Å². The summed E-state index contributed by atoms with van der Waals surface area (Å²) >= 11 is 0. The SMILES string of the molecule is Cc1ccccc1[C@H]1CC(C(O)O)N(C(=O)CNC(=O)c2ccc(Oc3ccc(F)cc3)cc2)C1. The lowest BCUT2D eigenvalue weighted by atomic mass is 9.92. The number of ether oxygens (including phenoxy) is 1. The van der Waals surface area contributed by atoms with Crippen LogP contribution in [0, 0.1) is 12.7 Å². The van der Waals surface area contributed by atoms with Gasteiger partial charge in [0, 0.05) is 18.0 Å². The normalized spacial score (nSPS) is 17.5. The third kappa shape index (κ3) is 5.85. The Bertz CT molecular complexity index is 1180. The van der Waals surface area contributed by atoms with Crippen molar-refractivity contribution < 1.29 is 28.9 Å². The molecule has 7 nitrogen and oxygen atoms in total. The minimum atomic E-state index is -1.67. The fraction of sp³-hybridized carbons (Fsp3) is 0.259. The van der Waals surface area contributed by atoms with Crippen LogP contribution in [-0.2, 0) is 4.79 Å². The maximum Gasteiger partial charge on any atom is 0.251 e. The van der Waals surface area contributed by atoms with Gasteiger partial charge in [-0.2, -0.15) is 0 Å². The number of nitrogens with one attached hydrogen (secondary N) is 1. The van der Waals surface area contributed by atoms with E-state index in [-0.39, 0.29) is 24.2 Å². The maximum atomic E-state index is 13.0. The molecule has 182 valence electrons. The van der Waals surface area contributed by atoms with Crippen molar-refractivity contribution in [2.75, 3.05) is 13.1 Å². The van der Waals surface area contributed by atoms with Gasteiger partial charge in [0.25, 0.3) is 5.91 Å². The van der Waals surface area contributed by atoms with Crippen molar-refractivity contribution in [1.82, 2.24) is 10.2 Å². The molecule has 0 aromatic heterocycles. The number of amides is 2. The Kier molecular flexibility index (Phi) is 7.43. The van der Waals surface area contributed by atoms with Crippen LogP contribution < -0.4 is 10.1 Å². The minimum absolute atomic E-state index is 0.0173. The van der Waals surface area contributed by atoms with Gasteiger partial charge in [-0.25, -0.2) is 4.39 Å². The second-order valence-electron chi connectivity index (χ2n) is 8.58. The van der Waals surface area contributed by atoms with Crippen LogP contribution in [0.1, 0.15) is 33.8 Å². The third-order valence-corrected chi connectivity index (χ3v) is 6.20. The van der Waals surface area contributed by atoms with Gasteiger partial charge < -0.3 is 25.2 Å². The van der Waals surface area contributed by atoms with Crippen LogP contribution in [0.4, 0.5) is 4.39 Å². The molecule has 35 heavy (non-hydrogen) atoms. The Labute approximate surface area is 202 Å². The number of aryl methyl sites for hydroxylation is 1. The zero-order valence-corrected chi connectivity index (χ0v) is 19.2. The van der Waals surface area contributed by atoms with Gasteiger partial charge >= 0.3 is 0 Å². The summed E-state index contributed by atoms with van der Waals surface area (Å²) in [7, 11) is 0. The van der Waals surface area contributed by atoms with E-state index in [4.69, 9.17) is 4.74 Å². The molecule has 1 aliphatic heterocycles. The summed E-state index contributed by atoms with van der Waals surface area (Å²) in [6.45, 7) is 2.06. The molecule has 3 aromatic rings. The number of likely N-dealkylation sites (tertiary alicyclic amines) is 1. The van der Waals surface area contributed by atoms with E-state index in [9.17, 15) is 24.2 Å². The number of aliphatic hydroxyl groups excluding tert-OH is 1. The molecule has 3 N–H and O–H groups in total. The number of halogens is 1. The highest BCUT2D eigenvalue weighted by atomic mass is 19.1. The smallest absolute Gasteiger partial charge is 0.251 e. The lowest BCUT2D eigenvalue weighted by molar-refractivity contribution is -0.142.